The molecule has 2 atom stereocenters. The molecule has 0 aromatic heterocycles. The van der Waals surface area contributed by atoms with Crippen LogP contribution >= 0.6 is 0 Å². The number of amides is 2. The molecule has 1 heterocycles. The number of benzene rings is 1. The summed E-state index contributed by atoms with van der Waals surface area (Å²) in [6, 6.07) is 10.4. The van der Waals surface area contributed by atoms with Crippen molar-refractivity contribution in [3.63, 3.8) is 0 Å². The number of carbonyl (C=O) groups excluding carboxylic acids is 1. The molecule has 122 valence electrons. The van der Waals surface area contributed by atoms with E-state index in [2.05, 4.69) is 27.7 Å². The number of urea groups is 1. The molecular formula is C17H27N3O2. The van der Waals surface area contributed by atoms with Gasteiger partial charge in [0.15, 0.2) is 0 Å². The summed E-state index contributed by atoms with van der Waals surface area (Å²) in [7, 11) is 0. The quantitative estimate of drug-likeness (QED) is 0.721. The molecule has 1 aromatic carbocycles. The van der Waals surface area contributed by atoms with Gasteiger partial charge in [-0.05, 0) is 44.8 Å². The lowest BCUT2D eigenvalue weighted by molar-refractivity contribution is 0.215. The number of hydrogen-bond acceptors (Lipinski definition) is 3. The maximum absolute atomic E-state index is 12.0. The van der Waals surface area contributed by atoms with Gasteiger partial charge in [-0.1, -0.05) is 30.3 Å². The topological polar surface area (TPSA) is 64.6 Å². The predicted molar refractivity (Wildman–Crippen MR) is 87.7 cm³/mol. The van der Waals surface area contributed by atoms with E-state index in [1.807, 2.05) is 25.1 Å². The van der Waals surface area contributed by atoms with Crippen molar-refractivity contribution in [1.82, 2.24) is 15.5 Å². The molecule has 1 saturated heterocycles. The standard InChI is InChI=1S/C17H27N3O2/c1-14(9-12-21)19-17(22)18-13-16(20-10-5-6-11-20)15-7-3-2-4-8-15/h2-4,7-8,14,16,21H,5-6,9-13H2,1H3,(H2,18,19,22)/t14-,16?/m1/s1. The van der Waals surface area contributed by atoms with Crippen LogP contribution in [0.2, 0.25) is 0 Å². The molecule has 5 heteroatoms. The molecular weight excluding hydrogens is 278 g/mol. The van der Waals surface area contributed by atoms with Crippen LogP contribution in [0.25, 0.3) is 0 Å². The Labute approximate surface area is 132 Å². The van der Waals surface area contributed by atoms with E-state index in [4.69, 9.17) is 5.11 Å². The summed E-state index contributed by atoms with van der Waals surface area (Å²) in [5.41, 5.74) is 1.24. The molecule has 0 aliphatic carbocycles. The van der Waals surface area contributed by atoms with Crippen LogP contribution in [-0.2, 0) is 0 Å². The number of aliphatic hydroxyl groups excluding tert-OH is 1. The van der Waals surface area contributed by atoms with Crippen LogP contribution in [0.15, 0.2) is 30.3 Å². The average Bonchev–Trinajstić information content (AvgIpc) is 3.03. The molecule has 0 saturated carbocycles. The molecule has 2 rings (SSSR count). The van der Waals surface area contributed by atoms with E-state index < -0.39 is 0 Å². The minimum Gasteiger partial charge on any atom is -0.396 e. The number of nitrogens with one attached hydrogen (secondary N) is 2. The van der Waals surface area contributed by atoms with Crippen molar-refractivity contribution in [2.24, 2.45) is 0 Å². The molecule has 5 nitrogen and oxygen atoms in total. The lowest BCUT2D eigenvalue weighted by Crippen LogP contribution is -2.44. The number of rotatable bonds is 7. The monoisotopic (exact) mass is 305 g/mol. The fraction of sp³-hybridized carbons (Fsp3) is 0.588. The van der Waals surface area contributed by atoms with Crippen LogP contribution in [0, 0.1) is 0 Å². The normalized spacial score (nSPS) is 17.9. The second kappa shape index (κ2) is 8.76. The van der Waals surface area contributed by atoms with Gasteiger partial charge in [0.1, 0.15) is 0 Å². The van der Waals surface area contributed by atoms with Crippen LogP contribution in [0.3, 0.4) is 0 Å². The Morgan fingerprint density at radius 3 is 2.59 bits per heavy atom. The molecule has 0 spiro atoms. The fourth-order valence-corrected chi connectivity index (χ4v) is 2.92. The maximum Gasteiger partial charge on any atom is 0.315 e. The highest BCUT2D eigenvalue weighted by atomic mass is 16.3. The van der Waals surface area contributed by atoms with Crippen LogP contribution in [0.5, 0.6) is 0 Å². The fourth-order valence-electron chi connectivity index (χ4n) is 2.92. The number of carbonyl (C=O) groups is 1. The second-order valence-electron chi connectivity index (χ2n) is 5.94. The van der Waals surface area contributed by atoms with Gasteiger partial charge >= 0.3 is 6.03 Å². The number of hydrogen-bond donors (Lipinski definition) is 3. The molecule has 0 radical (unpaired) electrons. The van der Waals surface area contributed by atoms with E-state index in [0.29, 0.717) is 13.0 Å². The van der Waals surface area contributed by atoms with E-state index in [1.54, 1.807) is 0 Å². The van der Waals surface area contributed by atoms with Crippen molar-refractivity contribution < 1.29 is 9.90 Å². The van der Waals surface area contributed by atoms with Gasteiger partial charge in [-0.25, -0.2) is 4.79 Å². The zero-order chi connectivity index (χ0) is 15.8. The summed E-state index contributed by atoms with van der Waals surface area (Å²) >= 11 is 0. The predicted octanol–water partition coefficient (Wildman–Crippen LogP) is 1.89. The number of likely N-dealkylation sites (tertiary alicyclic amines) is 1. The third-order valence-corrected chi connectivity index (χ3v) is 4.16. The lowest BCUT2D eigenvalue weighted by atomic mass is 10.1. The molecule has 1 aliphatic heterocycles. The first-order valence-electron chi connectivity index (χ1n) is 8.15. The Hall–Kier alpha value is -1.59. The Bertz CT molecular complexity index is 446. The van der Waals surface area contributed by atoms with Crippen LogP contribution in [0.4, 0.5) is 4.79 Å². The molecule has 1 fully saturated rings. The smallest absolute Gasteiger partial charge is 0.315 e. The first kappa shape index (κ1) is 16.8. The molecule has 22 heavy (non-hydrogen) atoms. The summed E-state index contributed by atoms with van der Waals surface area (Å²) < 4.78 is 0. The van der Waals surface area contributed by atoms with E-state index in [1.165, 1.54) is 18.4 Å². The van der Waals surface area contributed by atoms with Gasteiger partial charge in [0.25, 0.3) is 0 Å². The summed E-state index contributed by atoms with van der Waals surface area (Å²) in [6.45, 7) is 4.75. The highest BCUT2D eigenvalue weighted by molar-refractivity contribution is 5.74. The molecule has 0 bridgehead atoms. The highest BCUT2D eigenvalue weighted by Crippen LogP contribution is 2.24. The van der Waals surface area contributed by atoms with Crippen molar-refractivity contribution >= 4 is 6.03 Å². The second-order valence-corrected chi connectivity index (χ2v) is 5.94. The first-order valence-corrected chi connectivity index (χ1v) is 8.15. The Morgan fingerprint density at radius 1 is 1.27 bits per heavy atom. The largest absolute Gasteiger partial charge is 0.396 e. The van der Waals surface area contributed by atoms with Crippen molar-refractivity contribution in [1.29, 1.82) is 0 Å². The van der Waals surface area contributed by atoms with Gasteiger partial charge in [-0.2, -0.15) is 0 Å². The van der Waals surface area contributed by atoms with Gasteiger partial charge < -0.3 is 15.7 Å². The first-order chi connectivity index (χ1) is 10.7. The molecule has 1 aromatic rings. The van der Waals surface area contributed by atoms with E-state index in [0.717, 1.165) is 13.1 Å². The Morgan fingerprint density at radius 2 is 1.95 bits per heavy atom. The van der Waals surface area contributed by atoms with Gasteiger partial charge in [-0.15, -0.1) is 0 Å². The summed E-state index contributed by atoms with van der Waals surface area (Å²) in [6.07, 6.45) is 3.02. The van der Waals surface area contributed by atoms with Gasteiger partial charge in [0.05, 0.1) is 6.04 Å². The van der Waals surface area contributed by atoms with Crippen molar-refractivity contribution in [3.05, 3.63) is 35.9 Å². The third-order valence-electron chi connectivity index (χ3n) is 4.16. The lowest BCUT2D eigenvalue weighted by Gasteiger charge is -2.28. The highest BCUT2D eigenvalue weighted by Gasteiger charge is 2.23. The number of nitrogens with zero attached hydrogens (tertiary/aromatic N) is 1. The average molecular weight is 305 g/mol. The van der Waals surface area contributed by atoms with Gasteiger partial charge in [0.2, 0.25) is 0 Å². The zero-order valence-corrected chi connectivity index (χ0v) is 13.3. The minimum atomic E-state index is -0.166. The Balaban J connectivity index is 1.91. The van der Waals surface area contributed by atoms with Crippen molar-refractivity contribution in [2.45, 2.75) is 38.3 Å². The zero-order valence-electron chi connectivity index (χ0n) is 13.3. The molecule has 3 N–H and O–H groups in total. The van der Waals surface area contributed by atoms with E-state index >= 15 is 0 Å². The van der Waals surface area contributed by atoms with Crippen LogP contribution < -0.4 is 10.6 Å². The summed E-state index contributed by atoms with van der Waals surface area (Å²) in [4.78, 5) is 14.4. The van der Waals surface area contributed by atoms with Crippen LogP contribution in [-0.4, -0.2) is 48.3 Å². The van der Waals surface area contributed by atoms with E-state index in [-0.39, 0.29) is 24.7 Å². The van der Waals surface area contributed by atoms with Gasteiger partial charge in [-0.3, -0.25) is 4.90 Å². The molecule has 1 aliphatic rings. The maximum atomic E-state index is 12.0. The SMILES string of the molecule is C[C@H](CCO)NC(=O)NCC(c1ccccc1)N1CCCC1. The molecule has 2 amide bonds. The van der Waals surface area contributed by atoms with Crippen LogP contribution in [0.1, 0.15) is 37.8 Å². The number of aliphatic hydroxyl groups is 1. The van der Waals surface area contributed by atoms with Gasteiger partial charge in [0, 0.05) is 19.2 Å². The van der Waals surface area contributed by atoms with Crippen molar-refractivity contribution in [3.8, 4) is 0 Å². The molecule has 1 unspecified atom stereocenters. The summed E-state index contributed by atoms with van der Waals surface area (Å²) in [5.74, 6) is 0. The van der Waals surface area contributed by atoms with E-state index in [9.17, 15) is 4.79 Å². The van der Waals surface area contributed by atoms with Crippen molar-refractivity contribution in [2.75, 3.05) is 26.2 Å². The summed E-state index contributed by atoms with van der Waals surface area (Å²) in [5, 5.41) is 14.7. The third kappa shape index (κ3) is 5.00. The minimum absolute atomic E-state index is 0.0213. The Kier molecular flexibility index (Phi) is 6.68.